The van der Waals surface area contributed by atoms with E-state index in [9.17, 15) is 0 Å². The van der Waals surface area contributed by atoms with E-state index >= 15 is 0 Å². The van der Waals surface area contributed by atoms with Gasteiger partial charge in [-0.05, 0) is 35.7 Å². The number of nitrogens with zero attached hydrogens (tertiary/aromatic N) is 1. The third-order valence-electron chi connectivity index (χ3n) is 3.68. The highest BCUT2D eigenvalue weighted by molar-refractivity contribution is 6.42. The van der Waals surface area contributed by atoms with E-state index in [1.807, 2.05) is 24.4 Å². The molecule has 0 fully saturated rings. The fourth-order valence-corrected chi connectivity index (χ4v) is 2.76. The summed E-state index contributed by atoms with van der Waals surface area (Å²) in [5.74, 6) is 0.976. The predicted octanol–water partition coefficient (Wildman–Crippen LogP) is 5.21. The Labute approximate surface area is 140 Å². The molecule has 0 aliphatic rings. The maximum atomic E-state index is 6.05. The number of aryl methyl sites for hydroxylation is 1. The molecule has 112 valence electrons. The summed E-state index contributed by atoms with van der Waals surface area (Å²) in [6, 6.07) is 14.1. The van der Waals surface area contributed by atoms with Crippen LogP contribution in [0, 0.1) is 6.92 Å². The lowest BCUT2D eigenvalue weighted by molar-refractivity contribution is 0.992. The fourth-order valence-electron chi connectivity index (χ4n) is 2.44. The van der Waals surface area contributed by atoms with Crippen molar-refractivity contribution in [3.63, 3.8) is 0 Å². The normalized spacial score (nSPS) is 10.9. The first kappa shape index (κ1) is 15.1. The topological polar surface area (TPSA) is 28.7 Å². The Morgan fingerprint density at radius 3 is 2.59 bits per heavy atom. The molecule has 3 rings (SSSR count). The van der Waals surface area contributed by atoms with Gasteiger partial charge in [0.05, 0.1) is 10.0 Å². The van der Waals surface area contributed by atoms with E-state index in [1.165, 1.54) is 11.1 Å². The van der Waals surface area contributed by atoms with Crippen LogP contribution in [-0.4, -0.2) is 9.97 Å². The molecule has 1 N–H and O–H groups in total. The smallest absolute Gasteiger partial charge is 0.110 e. The third kappa shape index (κ3) is 3.52. The van der Waals surface area contributed by atoms with Gasteiger partial charge in [0.25, 0.3) is 0 Å². The van der Waals surface area contributed by atoms with E-state index in [1.54, 1.807) is 0 Å². The summed E-state index contributed by atoms with van der Waals surface area (Å²) in [6.45, 7) is 2.12. The summed E-state index contributed by atoms with van der Waals surface area (Å²) in [5, 5.41) is 1.16. The zero-order valence-corrected chi connectivity index (χ0v) is 13.7. The molecule has 0 saturated heterocycles. The van der Waals surface area contributed by atoms with Crippen molar-refractivity contribution in [1.82, 2.24) is 9.97 Å². The Kier molecular flexibility index (Phi) is 4.51. The second-order valence-corrected chi connectivity index (χ2v) is 6.20. The molecule has 0 saturated carbocycles. The van der Waals surface area contributed by atoms with Gasteiger partial charge in [-0.2, -0.15) is 0 Å². The molecule has 1 heterocycles. The maximum absolute atomic E-state index is 6.05. The van der Waals surface area contributed by atoms with Crippen LogP contribution in [0.15, 0.2) is 48.7 Å². The first-order valence-electron chi connectivity index (χ1n) is 7.13. The second kappa shape index (κ2) is 6.55. The van der Waals surface area contributed by atoms with E-state index in [0.717, 1.165) is 29.9 Å². The largest absolute Gasteiger partial charge is 0.345 e. The fraction of sp³-hybridized carbons (Fsp3) is 0.167. The van der Waals surface area contributed by atoms with Crippen LogP contribution >= 0.6 is 23.2 Å². The molecule has 2 aromatic carbocycles. The molecule has 0 radical (unpaired) electrons. The Morgan fingerprint density at radius 1 is 1.00 bits per heavy atom. The lowest BCUT2D eigenvalue weighted by Crippen LogP contribution is -1.94. The van der Waals surface area contributed by atoms with Crippen LogP contribution in [0.2, 0.25) is 10.0 Å². The maximum Gasteiger partial charge on any atom is 0.110 e. The zero-order valence-electron chi connectivity index (χ0n) is 12.2. The molecule has 1 aromatic heterocycles. The van der Waals surface area contributed by atoms with Gasteiger partial charge in [0, 0.05) is 24.7 Å². The van der Waals surface area contributed by atoms with Crippen molar-refractivity contribution in [2.24, 2.45) is 0 Å². The third-order valence-corrected chi connectivity index (χ3v) is 4.42. The molecular formula is C18H16Cl2N2. The summed E-state index contributed by atoms with van der Waals surface area (Å²) in [4.78, 5) is 7.86. The number of hydrogen-bond donors (Lipinski definition) is 1. The molecule has 0 aliphatic carbocycles. The Bertz CT molecular complexity index is 793. The van der Waals surface area contributed by atoms with Gasteiger partial charge < -0.3 is 4.98 Å². The van der Waals surface area contributed by atoms with Gasteiger partial charge in [-0.15, -0.1) is 0 Å². The van der Waals surface area contributed by atoms with Gasteiger partial charge in [-0.1, -0.05) is 53.5 Å². The van der Waals surface area contributed by atoms with E-state index in [4.69, 9.17) is 23.2 Å². The summed E-state index contributed by atoms with van der Waals surface area (Å²) in [5.41, 5.74) is 4.75. The molecule has 0 unspecified atom stereocenters. The molecule has 3 aromatic rings. The lowest BCUT2D eigenvalue weighted by atomic mass is 10.1. The van der Waals surface area contributed by atoms with Gasteiger partial charge in [0.15, 0.2) is 0 Å². The van der Waals surface area contributed by atoms with Crippen molar-refractivity contribution >= 4 is 23.2 Å². The van der Waals surface area contributed by atoms with Crippen LogP contribution in [0.5, 0.6) is 0 Å². The highest BCUT2D eigenvalue weighted by atomic mass is 35.5. The number of halogens is 2. The molecule has 0 bridgehead atoms. The second-order valence-electron chi connectivity index (χ2n) is 5.38. The highest BCUT2D eigenvalue weighted by Crippen LogP contribution is 2.23. The van der Waals surface area contributed by atoms with Crippen LogP contribution in [0.1, 0.15) is 28.2 Å². The molecule has 22 heavy (non-hydrogen) atoms. The average Bonchev–Trinajstić information content (AvgIpc) is 2.93. The van der Waals surface area contributed by atoms with E-state index in [2.05, 4.69) is 41.2 Å². The Balaban J connectivity index is 1.73. The van der Waals surface area contributed by atoms with E-state index < -0.39 is 0 Å². The summed E-state index contributed by atoms with van der Waals surface area (Å²) in [7, 11) is 0. The highest BCUT2D eigenvalue weighted by Gasteiger charge is 2.06. The Morgan fingerprint density at radius 2 is 1.82 bits per heavy atom. The molecule has 0 atom stereocenters. The number of hydrogen-bond acceptors (Lipinski definition) is 1. The molecule has 2 nitrogen and oxygen atoms in total. The molecular weight excluding hydrogens is 315 g/mol. The summed E-state index contributed by atoms with van der Waals surface area (Å²) < 4.78 is 0. The van der Waals surface area contributed by atoms with Gasteiger partial charge in [0.2, 0.25) is 0 Å². The van der Waals surface area contributed by atoms with Gasteiger partial charge in [0.1, 0.15) is 5.82 Å². The molecule has 4 heteroatoms. The summed E-state index contributed by atoms with van der Waals surface area (Å²) in [6.07, 6.45) is 3.46. The molecule has 0 aliphatic heterocycles. The average molecular weight is 331 g/mol. The number of nitrogens with one attached hydrogen (secondary N) is 1. The number of aromatic amines is 1. The van der Waals surface area contributed by atoms with Crippen LogP contribution in [0.25, 0.3) is 0 Å². The number of rotatable bonds is 4. The summed E-state index contributed by atoms with van der Waals surface area (Å²) >= 11 is 12.0. The number of aromatic nitrogens is 2. The SMILES string of the molecule is Cc1ccccc1Cc1ncc(Cc2ccc(Cl)c(Cl)c2)[nH]1. The van der Waals surface area contributed by atoms with Crippen molar-refractivity contribution in [3.05, 3.63) is 86.9 Å². The number of H-pyrrole nitrogens is 1. The van der Waals surface area contributed by atoms with Crippen molar-refractivity contribution < 1.29 is 0 Å². The monoisotopic (exact) mass is 330 g/mol. The molecule has 0 amide bonds. The van der Waals surface area contributed by atoms with Crippen molar-refractivity contribution in [2.75, 3.05) is 0 Å². The quantitative estimate of drug-likeness (QED) is 0.699. The van der Waals surface area contributed by atoms with E-state index in [-0.39, 0.29) is 0 Å². The van der Waals surface area contributed by atoms with Crippen molar-refractivity contribution in [3.8, 4) is 0 Å². The minimum Gasteiger partial charge on any atom is -0.345 e. The standard InChI is InChI=1S/C18H16Cl2N2/c1-12-4-2-3-5-14(12)10-18-21-11-15(22-18)8-13-6-7-16(19)17(20)9-13/h2-7,9,11H,8,10H2,1H3,(H,21,22). The van der Waals surface area contributed by atoms with Gasteiger partial charge in [-0.25, -0.2) is 4.98 Å². The van der Waals surface area contributed by atoms with Crippen LogP contribution in [0.3, 0.4) is 0 Å². The predicted molar refractivity (Wildman–Crippen MR) is 91.8 cm³/mol. The van der Waals surface area contributed by atoms with Crippen LogP contribution in [0.4, 0.5) is 0 Å². The lowest BCUT2D eigenvalue weighted by Gasteiger charge is -2.03. The van der Waals surface area contributed by atoms with Gasteiger partial charge in [-0.3, -0.25) is 0 Å². The number of imidazole rings is 1. The van der Waals surface area contributed by atoms with Gasteiger partial charge >= 0.3 is 0 Å². The first-order chi connectivity index (χ1) is 10.6. The first-order valence-corrected chi connectivity index (χ1v) is 7.88. The molecule has 0 spiro atoms. The minimum absolute atomic E-state index is 0.579. The Hall–Kier alpha value is -1.77. The van der Waals surface area contributed by atoms with Crippen molar-refractivity contribution in [1.29, 1.82) is 0 Å². The van der Waals surface area contributed by atoms with Crippen LogP contribution in [-0.2, 0) is 12.8 Å². The van der Waals surface area contributed by atoms with Crippen molar-refractivity contribution in [2.45, 2.75) is 19.8 Å². The zero-order chi connectivity index (χ0) is 15.5. The van der Waals surface area contributed by atoms with E-state index in [0.29, 0.717) is 10.0 Å². The minimum atomic E-state index is 0.579. The van der Waals surface area contributed by atoms with Crippen LogP contribution < -0.4 is 0 Å². The number of benzene rings is 2.